The quantitative estimate of drug-likeness (QED) is 0.0542. The van der Waals surface area contributed by atoms with Crippen molar-refractivity contribution >= 4 is 17.8 Å². The van der Waals surface area contributed by atoms with Crippen LogP contribution in [0.2, 0.25) is 0 Å². The van der Waals surface area contributed by atoms with E-state index in [-0.39, 0.29) is 43.9 Å². The van der Waals surface area contributed by atoms with Crippen LogP contribution in [0, 0.1) is 0 Å². The Morgan fingerprint density at radius 3 is 2.22 bits per heavy atom. The fourth-order valence-electron chi connectivity index (χ4n) is 6.51. The highest BCUT2D eigenvalue weighted by Crippen LogP contribution is 2.37. The zero-order valence-electron chi connectivity index (χ0n) is 33.0. The van der Waals surface area contributed by atoms with Gasteiger partial charge < -0.3 is 38.5 Å². The number of unbranched alkanes of at least 4 members (excludes halogenated alkanes) is 3. The first-order chi connectivity index (χ1) is 28.2. The summed E-state index contributed by atoms with van der Waals surface area (Å²) in [5.74, 6) is 1.52. The maximum absolute atomic E-state index is 13.5. The first-order valence-corrected chi connectivity index (χ1v) is 19.8. The number of ether oxygens (including phenoxy) is 7. The molecule has 1 amide bonds. The molecule has 0 spiro atoms. The van der Waals surface area contributed by atoms with Gasteiger partial charge in [-0.2, -0.15) is 8.78 Å². The van der Waals surface area contributed by atoms with Gasteiger partial charge in [-0.1, -0.05) is 49.2 Å². The van der Waals surface area contributed by atoms with Crippen LogP contribution in [0.5, 0.6) is 28.7 Å². The molecule has 13 heteroatoms. The number of amides is 1. The number of carbonyl (C=O) groups excluding carboxylic acids is 3. The summed E-state index contributed by atoms with van der Waals surface area (Å²) in [6.07, 6.45) is 5.85. The molecule has 4 aromatic rings. The molecule has 0 saturated carbocycles. The van der Waals surface area contributed by atoms with Gasteiger partial charge in [0.2, 0.25) is 6.79 Å². The third-order valence-corrected chi connectivity index (χ3v) is 9.31. The molecule has 0 fully saturated rings. The number of aryl methyl sites for hydroxylation is 1. The lowest BCUT2D eigenvalue weighted by molar-refractivity contribution is -0.144. The standard InChI is InChI=1S/C45H51F2NO10/c1-3-52-42(49)18-12-24-55-39-17-11-15-31(37(39)20-22-43(50)53-4-2)13-7-5-6-10-23-54-36-26-34(32-19-21-40-41(28-32)57-30-56-40)25-35(27-36)44(51)48-29-33-14-8-9-16-38(33)58-45(46)47/h8-9,11,14-17,19,21,25-28,45H,3-7,10,12-13,18,20,22-24,29-30H2,1-2H3,(H,48,51). The smallest absolute Gasteiger partial charge is 0.387 e. The van der Waals surface area contributed by atoms with Crippen LogP contribution in [0.4, 0.5) is 8.78 Å². The van der Waals surface area contributed by atoms with E-state index in [1.165, 1.54) is 6.07 Å². The molecule has 58 heavy (non-hydrogen) atoms. The van der Waals surface area contributed by atoms with Gasteiger partial charge in [0.25, 0.3) is 5.91 Å². The topological polar surface area (TPSA) is 128 Å². The van der Waals surface area contributed by atoms with Crippen molar-refractivity contribution in [2.75, 3.05) is 33.2 Å². The van der Waals surface area contributed by atoms with E-state index in [4.69, 9.17) is 28.4 Å². The number of para-hydroxylation sites is 1. The molecule has 0 atom stereocenters. The Hall–Kier alpha value is -5.85. The summed E-state index contributed by atoms with van der Waals surface area (Å²) in [4.78, 5) is 37.4. The Labute approximate surface area is 337 Å². The van der Waals surface area contributed by atoms with Gasteiger partial charge in [0, 0.05) is 30.5 Å². The van der Waals surface area contributed by atoms with E-state index in [1.54, 1.807) is 44.2 Å². The molecule has 5 rings (SSSR count). The van der Waals surface area contributed by atoms with E-state index >= 15 is 0 Å². The Morgan fingerprint density at radius 2 is 1.41 bits per heavy atom. The van der Waals surface area contributed by atoms with E-state index in [2.05, 4.69) is 16.1 Å². The average Bonchev–Trinajstić information content (AvgIpc) is 3.69. The number of fused-ring (bicyclic) bond motifs is 1. The minimum atomic E-state index is -2.99. The molecule has 1 N–H and O–H groups in total. The monoisotopic (exact) mass is 803 g/mol. The number of benzene rings is 4. The molecule has 310 valence electrons. The normalized spacial score (nSPS) is 11.6. The zero-order chi connectivity index (χ0) is 41.1. The Bertz CT molecular complexity index is 1970. The van der Waals surface area contributed by atoms with Crippen LogP contribution in [0.15, 0.2) is 78.9 Å². The van der Waals surface area contributed by atoms with Gasteiger partial charge >= 0.3 is 18.6 Å². The summed E-state index contributed by atoms with van der Waals surface area (Å²) in [6.45, 7) is 2.12. The summed E-state index contributed by atoms with van der Waals surface area (Å²) < 4.78 is 64.0. The van der Waals surface area contributed by atoms with Crippen molar-refractivity contribution in [3.63, 3.8) is 0 Å². The first-order valence-electron chi connectivity index (χ1n) is 19.8. The van der Waals surface area contributed by atoms with Crippen molar-refractivity contribution in [1.82, 2.24) is 5.32 Å². The Morgan fingerprint density at radius 1 is 0.690 bits per heavy atom. The second kappa shape index (κ2) is 22.8. The number of halogens is 2. The van der Waals surface area contributed by atoms with Gasteiger partial charge in [-0.3, -0.25) is 14.4 Å². The van der Waals surface area contributed by atoms with Crippen LogP contribution in [0.25, 0.3) is 11.1 Å². The van der Waals surface area contributed by atoms with Crippen molar-refractivity contribution in [3.05, 3.63) is 101 Å². The molecule has 0 saturated heterocycles. The van der Waals surface area contributed by atoms with Crippen molar-refractivity contribution in [1.29, 1.82) is 0 Å². The SMILES string of the molecule is CCOC(=O)CCCOc1cccc(CCCCCCOc2cc(C(=O)NCc3ccccc3OC(F)F)cc(-c3ccc4c(c3)OCO4)c2)c1CCC(=O)OCC. The highest BCUT2D eigenvalue weighted by molar-refractivity contribution is 5.96. The second-order valence-electron chi connectivity index (χ2n) is 13.5. The molecule has 0 bridgehead atoms. The van der Waals surface area contributed by atoms with Gasteiger partial charge in [0.15, 0.2) is 11.5 Å². The molecule has 4 aromatic carbocycles. The lowest BCUT2D eigenvalue weighted by Gasteiger charge is -2.16. The third-order valence-electron chi connectivity index (χ3n) is 9.31. The highest BCUT2D eigenvalue weighted by atomic mass is 19.3. The van der Waals surface area contributed by atoms with Crippen molar-refractivity contribution in [2.45, 2.75) is 84.8 Å². The summed E-state index contributed by atoms with van der Waals surface area (Å²) in [6, 6.07) is 23.0. The molecule has 0 radical (unpaired) electrons. The largest absolute Gasteiger partial charge is 0.494 e. The van der Waals surface area contributed by atoms with E-state index in [0.717, 1.165) is 54.4 Å². The van der Waals surface area contributed by atoms with Gasteiger partial charge in [0.05, 0.1) is 26.4 Å². The van der Waals surface area contributed by atoms with Crippen LogP contribution in [0.3, 0.4) is 0 Å². The van der Waals surface area contributed by atoms with Crippen LogP contribution in [0.1, 0.15) is 85.8 Å². The molecular weight excluding hydrogens is 752 g/mol. The van der Waals surface area contributed by atoms with Crippen LogP contribution >= 0.6 is 0 Å². The van der Waals surface area contributed by atoms with Crippen LogP contribution in [-0.4, -0.2) is 57.7 Å². The van der Waals surface area contributed by atoms with Crippen LogP contribution < -0.4 is 29.0 Å². The van der Waals surface area contributed by atoms with E-state index in [1.807, 2.05) is 36.4 Å². The molecule has 0 aliphatic carbocycles. The zero-order valence-corrected chi connectivity index (χ0v) is 33.0. The van der Waals surface area contributed by atoms with Gasteiger partial charge in [0.1, 0.15) is 17.2 Å². The van der Waals surface area contributed by atoms with Gasteiger partial charge in [-0.05, 0) is 111 Å². The summed E-state index contributed by atoms with van der Waals surface area (Å²) in [5, 5.41) is 2.82. The maximum Gasteiger partial charge on any atom is 0.387 e. The lowest BCUT2D eigenvalue weighted by Crippen LogP contribution is -2.23. The van der Waals surface area contributed by atoms with Gasteiger partial charge in [-0.15, -0.1) is 0 Å². The first kappa shape index (κ1) is 43.3. The lowest BCUT2D eigenvalue weighted by atomic mass is 9.96. The number of alkyl halides is 2. The minimum absolute atomic E-state index is 0.00711. The Balaban J connectivity index is 1.18. The van der Waals surface area contributed by atoms with Gasteiger partial charge in [-0.25, -0.2) is 0 Å². The van der Waals surface area contributed by atoms with Crippen LogP contribution in [-0.2, 0) is 38.4 Å². The summed E-state index contributed by atoms with van der Waals surface area (Å²) >= 11 is 0. The molecule has 0 unspecified atom stereocenters. The Kier molecular flexibility index (Phi) is 17.0. The van der Waals surface area contributed by atoms with Crippen molar-refractivity contribution in [3.8, 4) is 39.9 Å². The third kappa shape index (κ3) is 13.4. The number of esters is 2. The molecule has 0 aromatic heterocycles. The number of nitrogens with one attached hydrogen (secondary N) is 1. The number of carbonyl (C=O) groups is 3. The highest BCUT2D eigenvalue weighted by Gasteiger charge is 2.18. The summed E-state index contributed by atoms with van der Waals surface area (Å²) in [7, 11) is 0. The number of hydrogen-bond donors (Lipinski definition) is 1. The molecule has 1 aliphatic rings. The number of rotatable bonds is 24. The molecular formula is C45H51F2NO10. The fraction of sp³-hybridized carbons (Fsp3) is 0.400. The average molecular weight is 804 g/mol. The predicted octanol–water partition coefficient (Wildman–Crippen LogP) is 9.01. The van der Waals surface area contributed by atoms with E-state index < -0.39 is 12.5 Å². The second-order valence-corrected chi connectivity index (χ2v) is 13.5. The molecule has 1 aliphatic heterocycles. The predicted molar refractivity (Wildman–Crippen MR) is 213 cm³/mol. The fourth-order valence-corrected chi connectivity index (χ4v) is 6.51. The number of hydrogen-bond acceptors (Lipinski definition) is 10. The molecule has 1 heterocycles. The van der Waals surface area contributed by atoms with Crippen molar-refractivity contribution in [2.24, 2.45) is 0 Å². The van der Waals surface area contributed by atoms with E-state index in [0.29, 0.717) is 73.4 Å². The molecule has 11 nitrogen and oxygen atoms in total. The van der Waals surface area contributed by atoms with E-state index in [9.17, 15) is 23.2 Å². The minimum Gasteiger partial charge on any atom is -0.494 e. The van der Waals surface area contributed by atoms with Crippen molar-refractivity contribution < 1.29 is 56.3 Å². The maximum atomic E-state index is 13.5. The summed E-state index contributed by atoms with van der Waals surface area (Å²) in [5.41, 5.74) is 4.36.